The van der Waals surface area contributed by atoms with Crippen LogP contribution in [0, 0.1) is 5.92 Å². The maximum atomic E-state index is 12.2. The standard InChI is InChI=1S/C17H26N2O3S/c1-12(2)6-5-9-18-17(20)14-7-8-16-15(11-14)10-13(3)19(16)23(4,21)22/h7-8,11-13H,5-6,9-10H2,1-4H3,(H,18,20)/t13-/m0/s1. The van der Waals surface area contributed by atoms with Crippen LogP contribution < -0.4 is 9.62 Å². The molecule has 128 valence electrons. The van der Waals surface area contributed by atoms with Crippen molar-refractivity contribution >= 4 is 21.6 Å². The van der Waals surface area contributed by atoms with Crippen molar-refractivity contribution < 1.29 is 13.2 Å². The first-order chi connectivity index (χ1) is 10.7. The van der Waals surface area contributed by atoms with Gasteiger partial charge in [-0.05, 0) is 55.9 Å². The van der Waals surface area contributed by atoms with E-state index in [2.05, 4.69) is 19.2 Å². The van der Waals surface area contributed by atoms with Gasteiger partial charge in [0.15, 0.2) is 0 Å². The Morgan fingerprint density at radius 1 is 1.39 bits per heavy atom. The lowest BCUT2D eigenvalue weighted by Gasteiger charge is -2.21. The van der Waals surface area contributed by atoms with Crippen molar-refractivity contribution in [1.29, 1.82) is 0 Å². The van der Waals surface area contributed by atoms with Gasteiger partial charge in [-0.25, -0.2) is 8.42 Å². The summed E-state index contributed by atoms with van der Waals surface area (Å²) in [5.74, 6) is 0.539. The predicted octanol–water partition coefficient (Wildman–Crippen LogP) is 2.56. The Morgan fingerprint density at radius 3 is 2.70 bits per heavy atom. The molecule has 1 N–H and O–H groups in total. The average molecular weight is 338 g/mol. The van der Waals surface area contributed by atoms with Crippen LogP contribution in [0.3, 0.4) is 0 Å². The number of nitrogens with zero attached hydrogens (tertiary/aromatic N) is 1. The summed E-state index contributed by atoms with van der Waals surface area (Å²) in [7, 11) is -3.29. The number of carbonyl (C=O) groups is 1. The molecule has 0 unspecified atom stereocenters. The number of hydrogen-bond donors (Lipinski definition) is 1. The number of rotatable bonds is 6. The molecule has 1 atom stereocenters. The second-order valence-corrected chi connectivity index (χ2v) is 8.61. The smallest absolute Gasteiger partial charge is 0.251 e. The zero-order valence-electron chi connectivity index (χ0n) is 14.3. The highest BCUT2D eigenvalue weighted by atomic mass is 32.2. The second kappa shape index (κ2) is 6.91. The number of sulfonamides is 1. The van der Waals surface area contributed by atoms with Gasteiger partial charge in [0.2, 0.25) is 10.0 Å². The molecule has 23 heavy (non-hydrogen) atoms. The normalized spacial score (nSPS) is 17.4. The van der Waals surface area contributed by atoms with Crippen molar-refractivity contribution in [3.8, 4) is 0 Å². The molecule has 1 aromatic rings. The molecule has 1 aliphatic rings. The Labute approximate surface area is 139 Å². The molecule has 0 fully saturated rings. The molecule has 0 radical (unpaired) electrons. The first-order valence-electron chi connectivity index (χ1n) is 8.10. The second-order valence-electron chi connectivity index (χ2n) is 6.75. The van der Waals surface area contributed by atoms with Crippen LogP contribution in [-0.4, -0.2) is 33.2 Å². The first kappa shape index (κ1) is 17.8. The minimum absolute atomic E-state index is 0.0954. The predicted molar refractivity (Wildman–Crippen MR) is 93.3 cm³/mol. The van der Waals surface area contributed by atoms with Gasteiger partial charge in [0, 0.05) is 18.2 Å². The molecule has 0 saturated heterocycles. The minimum Gasteiger partial charge on any atom is -0.352 e. The van der Waals surface area contributed by atoms with Gasteiger partial charge < -0.3 is 5.32 Å². The fourth-order valence-corrected chi connectivity index (χ4v) is 4.33. The van der Waals surface area contributed by atoms with Gasteiger partial charge in [0.05, 0.1) is 11.9 Å². The number of hydrogen-bond acceptors (Lipinski definition) is 3. The van der Waals surface area contributed by atoms with Crippen molar-refractivity contribution in [3.05, 3.63) is 29.3 Å². The Hall–Kier alpha value is -1.56. The summed E-state index contributed by atoms with van der Waals surface area (Å²) in [4.78, 5) is 12.2. The number of benzene rings is 1. The minimum atomic E-state index is -3.29. The van der Waals surface area contributed by atoms with Crippen LogP contribution in [0.15, 0.2) is 18.2 Å². The zero-order chi connectivity index (χ0) is 17.2. The Bertz CT molecular complexity index is 683. The molecule has 2 rings (SSSR count). The molecule has 0 spiro atoms. The van der Waals surface area contributed by atoms with Crippen LogP contribution in [0.2, 0.25) is 0 Å². The van der Waals surface area contributed by atoms with E-state index in [0.29, 0.717) is 30.1 Å². The molecule has 1 heterocycles. The third-order valence-corrected chi connectivity index (χ3v) is 5.37. The molecule has 1 amide bonds. The quantitative estimate of drug-likeness (QED) is 0.811. The highest BCUT2D eigenvalue weighted by Gasteiger charge is 2.32. The van der Waals surface area contributed by atoms with Crippen LogP contribution in [0.5, 0.6) is 0 Å². The highest BCUT2D eigenvalue weighted by molar-refractivity contribution is 7.92. The lowest BCUT2D eigenvalue weighted by molar-refractivity contribution is 0.0952. The van der Waals surface area contributed by atoms with E-state index in [1.165, 1.54) is 10.6 Å². The molecule has 6 heteroatoms. The van der Waals surface area contributed by atoms with Gasteiger partial charge in [-0.2, -0.15) is 0 Å². The highest BCUT2D eigenvalue weighted by Crippen LogP contribution is 2.34. The third kappa shape index (κ3) is 4.25. The molecule has 0 aromatic heterocycles. The monoisotopic (exact) mass is 338 g/mol. The van der Waals surface area contributed by atoms with E-state index in [4.69, 9.17) is 0 Å². The topological polar surface area (TPSA) is 66.5 Å². The Balaban J connectivity index is 2.08. The molecule has 0 bridgehead atoms. The van der Waals surface area contributed by atoms with Gasteiger partial charge in [-0.1, -0.05) is 13.8 Å². The molecule has 1 aliphatic heterocycles. The SMILES string of the molecule is CC(C)CCCNC(=O)c1ccc2c(c1)C[C@H](C)N2S(C)(=O)=O. The summed E-state index contributed by atoms with van der Waals surface area (Å²) in [6, 6.07) is 5.15. The molecule has 5 nitrogen and oxygen atoms in total. The van der Waals surface area contributed by atoms with E-state index < -0.39 is 10.0 Å². The summed E-state index contributed by atoms with van der Waals surface area (Å²) in [6.45, 7) is 6.88. The van der Waals surface area contributed by atoms with E-state index in [1.54, 1.807) is 12.1 Å². The van der Waals surface area contributed by atoms with Crippen molar-refractivity contribution in [1.82, 2.24) is 5.32 Å². The van der Waals surface area contributed by atoms with Gasteiger partial charge in [0.25, 0.3) is 5.91 Å². The summed E-state index contributed by atoms with van der Waals surface area (Å²) < 4.78 is 25.2. The van der Waals surface area contributed by atoms with Gasteiger partial charge >= 0.3 is 0 Å². The largest absolute Gasteiger partial charge is 0.352 e. The van der Waals surface area contributed by atoms with E-state index >= 15 is 0 Å². The van der Waals surface area contributed by atoms with Crippen LogP contribution in [0.1, 0.15) is 49.5 Å². The molecule has 0 aliphatic carbocycles. The fourth-order valence-electron chi connectivity index (χ4n) is 3.06. The van der Waals surface area contributed by atoms with Crippen molar-refractivity contribution in [2.45, 2.75) is 46.1 Å². The van der Waals surface area contributed by atoms with Gasteiger partial charge in [-0.3, -0.25) is 9.10 Å². The molecule has 1 aromatic carbocycles. The number of fused-ring (bicyclic) bond motifs is 1. The van der Waals surface area contributed by atoms with Gasteiger partial charge in [-0.15, -0.1) is 0 Å². The number of nitrogens with one attached hydrogen (secondary N) is 1. The maximum absolute atomic E-state index is 12.2. The number of amides is 1. The zero-order valence-corrected chi connectivity index (χ0v) is 15.1. The van der Waals surface area contributed by atoms with Crippen LogP contribution in [-0.2, 0) is 16.4 Å². The van der Waals surface area contributed by atoms with Crippen molar-refractivity contribution in [2.75, 3.05) is 17.1 Å². The lowest BCUT2D eigenvalue weighted by Crippen LogP contribution is -2.34. The molecular formula is C17H26N2O3S. The number of anilines is 1. The molecule has 0 saturated carbocycles. The van der Waals surface area contributed by atoms with E-state index in [1.807, 2.05) is 13.0 Å². The van der Waals surface area contributed by atoms with Crippen molar-refractivity contribution in [3.63, 3.8) is 0 Å². The van der Waals surface area contributed by atoms with Crippen molar-refractivity contribution in [2.24, 2.45) is 5.92 Å². The van der Waals surface area contributed by atoms with Crippen LogP contribution in [0.4, 0.5) is 5.69 Å². The maximum Gasteiger partial charge on any atom is 0.251 e. The Morgan fingerprint density at radius 2 is 2.09 bits per heavy atom. The van der Waals surface area contributed by atoms with E-state index in [9.17, 15) is 13.2 Å². The fraction of sp³-hybridized carbons (Fsp3) is 0.588. The van der Waals surface area contributed by atoms with Gasteiger partial charge in [0.1, 0.15) is 0 Å². The third-order valence-electron chi connectivity index (χ3n) is 4.10. The molecular weight excluding hydrogens is 312 g/mol. The van der Waals surface area contributed by atoms with Crippen LogP contribution in [0.25, 0.3) is 0 Å². The summed E-state index contributed by atoms with van der Waals surface area (Å²) in [5.41, 5.74) is 2.20. The first-order valence-corrected chi connectivity index (χ1v) is 9.95. The van der Waals surface area contributed by atoms with E-state index in [-0.39, 0.29) is 11.9 Å². The van der Waals surface area contributed by atoms with E-state index in [0.717, 1.165) is 18.4 Å². The van der Waals surface area contributed by atoms with Crippen LogP contribution >= 0.6 is 0 Å². The lowest BCUT2D eigenvalue weighted by atomic mass is 10.1. The summed E-state index contributed by atoms with van der Waals surface area (Å²) in [5, 5.41) is 2.93. The Kier molecular flexibility index (Phi) is 5.34. The summed E-state index contributed by atoms with van der Waals surface area (Å²) in [6.07, 6.45) is 3.91. The summed E-state index contributed by atoms with van der Waals surface area (Å²) >= 11 is 0. The average Bonchev–Trinajstić information content (AvgIpc) is 2.77. The number of carbonyl (C=O) groups excluding carboxylic acids is 1.